The van der Waals surface area contributed by atoms with Gasteiger partial charge in [-0.05, 0) is 24.3 Å². The highest BCUT2D eigenvalue weighted by Crippen LogP contribution is 2.29. The van der Waals surface area contributed by atoms with Crippen molar-refractivity contribution in [3.05, 3.63) is 42.6 Å². The molecule has 2 radical (unpaired) electrons. The lowest BCUT2D eigenvalue weighted by molar-refractivity contribution is 0.617. The van der Waals surface area contributed by atoms with Gasteiger partial charge in [-0.15, -0.1) is 0 Å². The second-order valence-electron chi connectivity index (χ2n) is 3.95. The van der Waals surface area contributed by atoms with Crippen LogP contribution in [0, 0.1) is 0 Å². The SMILES string of the molecule is Cn1c(-c2ccccc2[O][Al])nc2cccnc21. The number of hydrogen-bond acceptors (Lipinski definition) is 3. The van der Waals surface area contributed by atoms with Crippen LogP contribution in [0.3, 0.4) is 0 Å². The molecule has 3 aromatic rings. The summed E-state index contributed by atoms with van der Waals surface area (Å²) in [5, 5.41) is 0. The molecule has 0 aliphatic rings. The number of benzene rings is 1. The highest BCUT2D eigenvalue weighted by molar-refractivity contribution is 6.00. The molecule has 5 heteroatoms. The van der Waals surface area contributed by atoms with Crippen LogP contribution in [0.2, 0.25) is 0 Å². The summed E-state index contributed by atoms with van der Waals surface area (Å²) >= 11 is 2.27. The summed E-state index contributed by atoms with van der Waals surface area (Å²) in [5.74, 6) is 1.63. The second-order valence-corrected chi connectivity index (χ2v) is 4.19. The first-order valence-electron chi connectivity index (χ1n) is 5.55. The van der Waals surface area contributed by atoms with Crippen molar-refractivity contribution in [2.45, 2.75) is 0 Å². The first kappa shape index (κ1) is 11.3. The summed E-state index contributed by atoms with van der Waals surface area (Å²) in [4.78, 5) is 8.94. The van der Waals surface area contributed by atoms with Crippen LogP contribution in [-0.4, -0.2) is 31.2 Å². The van der Waals surface area contributed by atoms with Crippen LogP contribution < -0.4 is 3.79 Å². The highest BCUT2D eigenvalue weighted by atomic mass is 27.1. The van der Waals surface area contributed by atoms with E-state index < -0.39 is 0 Å². The molecule has 2 heterocycles. The smallest absolute Gasteiger partial charge is 0.482 e. The molecule has 2 aromatic heterocycles. The third-order valence-electron chi connectivity index (χ3n) is 2.88. The van der Waals surface area contributed by atoms with Gasteiger partial charge in [0.25, 0.3) is 0 Å². The third kappa shape index (κ3) is 1.69. The summed E-state index contributed by atoms with van der Waals surface area (Å²) in [6.45, 7) is 0. The van der Waals surface area contributed by atoms with Crippen LogP contribution in [-0.2, 0) is 7.05 Å². The summed E-state index contributed by atoms with van der Waals surface area (Å²) in [5.41, 5.74) is 2.70. The normalized spacial score (nSPS) is 10.7. The molecule has 1 aromatic carbocycles. The lowest BCUT2D eigenvalue weighted by atomic mass is 10.2. The second kappa shape index (κ2) is 4.45. The summed E-state index contributed by atoms with van der Waals surface area (Å²) in [6, 6.07) is 11.6. The standard InChI is InChI=1S/C13H11N3O.Al/c1-16-12(9-5-2-3-7-11(9)17)15-10-6-4-8-14-13(10)16;/h2-8,17H,1H3;/q;+1/p-1. The van der Waals surface area contributed by atoms with Crippen LogP contribution in [0.25, 0.3) is 22.6 Å². The van der Waals surface area contributed by atoms with E-state index in [9.17, 15) is 0 Å². The number of imidazole rings is 1. The van der Waals surface area contributed by atoms with Crippen molar-refractivity contribution >= 4 is 27.8 Å². The van der Waals surface area contributed by atoms with Gasteiger partial charge in [-0.3, -0.25) is 0 Å². The maximum Gasteiger partial charge on any atom is 0.482 e. The quantitative estimate of drug-likeness (QED) is 0.655. The van der Waals surface area contributed by atoms with Crippen LogP contribution in [0.5, 0.6) is 5.75 Å². The van der Waals surface area contributed by atoms with Crippen molar-refractivity contribution in [2.75, 3.05) is 0 Å². The Hall–Kier alpha value is -1.83. The predicted octanol–water partition coefficient (Wildman–Crippen LogP) is 2.10. The Morgan fingerprint density at radius 1 is 1.17 bits per heavy atom. The molecule has 86 valence electrons. The molecule has 0 fully saturated rings. The summed E-state index contributed by atoms with van der Waals surface area (Å²) < 4.78 is 7.26. The van der Waals surface area contributed by atoms with E-state index in [0.29, 0.717) is 0 Å². The van der Waals surface area contributed by atoms with E-state index in [2.05, 4.69) is 26.6 Å². The Kier molecular flexibility index (Phi) is 2.79. The lowest BCUT2D eigenvalue weighted by Gasteiger charge is -2.09. The average molecular weight is 251 g/mol. The van der Waals surface area contributed by atoms with E-state index in [0.717, 1.165) is 28.3 Å². The van der Waals surface area contributed by atoms with E-state index in [1.807, 2.05) is 48.0 Å². The van der Waals surface area contributed by atoms with Gasteiger partial charge in [-0.2, -0.15) is 0 Å². The van der Waals surface area contributed by atoms with Gasteiger partial charge in [0.2, 0.25) is 0 Å². The average Bonchev–Trinajstić information content (AvgIpc) is 2.76. The number of rotatable bonds is 2. The molecule has 0 aliphatic heterocycles. The number of fused-ring (bicyclic) bond motifs is 1. The molecule has 3 rings (SSSR count). The molecule has 0 N–H and O–H groups in total. The Morgan fingerprint density at radius 2 is 2.00 bits per heavy atom. The van der Waals surface area contributed by atoms with Crippen LogP contribution >= 0.6 is 0 Å². The number of aromatic nitrogens is 3. The minimum Gasteiger partial charge on any atom is -0.653 e. The first-order valence-corrected chi connectivity index (χ1v) is 6.02. The molecule has 0 atom stereocenters. The molecule has 0 spiro atoms. The molecule has 0 aliphatic carbocycles. The van der Waals surface area contributed by atoms with Crippen molar-refractivity contribution < 1.29 is 3.79 Å². The van der Waals surface area contributed by atoms with Crippen LogP contribution in [0.1, 0.15) is 0 Å². The van der Waals surface area contributed by atoms with Gasteiger partial charge in [0, 0.05) is 13.2 Å². The topological polar surface area (TPSA) is 39.9 Å². The zero-order chi connectivity index (χ0) is 12.5. The van der Waals surface area contributed by atoms with Crippen molar-refractivity contribution in [3.8, 4) is 17.1 Å². The van der Waals surface area contributed by atoms with Gasteiger partial charge in [0.15, 0.2) is 5.65 Å². The minimum absolute atomic E-state index is 0.779. The molecule has 0 bridgehead atoms. The Balaban J connectivity index is 2.28. The predicted molar refractivity (Wildman–Crippen MR) is 70.3 cm³/mol. The van der Waals surface area contributed by atoms with E-state index in [4.69, 9.17) is 3.79 Å². The van der Waals surface area contributed by atoms with E-state index in [1.165, 1.54) is 0 Å². The Morgan fingerprint density at radius 3 is 2.78 bits per heavy atom. The van der Waals surface area contributed by atoms with Crippen LogP contribution in [0.15, 0.2) is 42.6 Å². The number of nitrogens with zero attached hydrogens (tertiary/aromatic N) is 3. The van der Waals surface area contributed by atoms with Crippen molar-refractivity contribution in [1.82, 2.24) is 14.5 Å². The highest BCUT2D eigenvalue weighted by Gasteiger charge is 2.13. The van der Waals surface area contributed by atoms with Gasteiger partial charge in [0.1, 0.15) is 11.3 Å². The zero-order valence-corrected chi connectivity index (χ0v) is 11.0. The number of para-hydroxylation sites is 1. The number of pyridine rings is 1. The monoisotopic (exact) mass is 251 g/mol. The molecular weight excluding hydrogens is 241 g/mol. The molecule has 0 amide bonds. The largest absolute Gasteiger partial charge is 0.653 e. The van der Waals surface area contributed by atoms with Crippen molar-refractivity contribution in [2.24, 2.45) is 7.05 Å². The van der Waals surface area contributed by atoms with E-state index in [1.54, 1.807) is 6.20 Å². The fraction of sp³-hybridized carbons (Fsp3) is 0.0769. The lowest BCUT2D eigenvalue weighted by Crippen LogP contribution is -1.96. The maximum atomic E-state index is 5.29. The van der Waals surface area contributed by atoms with Gasteiger partial charge in [-0.1, -0.05) is 12.1 Å². The minimum atomic E-state index is 0.779. The molecule has 4 nitrogen and oxygen atoms in total. The fourth-order valence-corrected chi connectivity index (χ4v) is 2.22. The van der Waals surface area contributed by atoms with Crippen molar-refractivity contribution in [3.63, 3.8) is 0 Å². The van der Waals surface area contributed by atoms with Crippen molar-refractivity contribution in [1.29, 1.82) is 0 Å². The number of hydrogen-bond donors (Lipinski definition) is 0. The molecule has 0 saturated heterocycles. The Labute approximate surface area is 113 Å². The molecule has 0 saturated carbocycles. The fourth-order valence-electron chi connectivity index (χ4n) is 2.02. The van der Waals surface area contributed by atoms with Gasteiger partial charge >= 0.3 is 16.6 Å². The molecule has 18 heavy (non-hydrogen) atoms. The summed E-state index contributed by atoms with van der Waals surface area (Å²) in [7, 11) is 1.96. The van der Waals surface area contributed by atoms with Gasteiger partial charge < -0.3 is 8.36 Å². The van der Waals surface area contributed by atoms with E-state index >= 15 is 0 Å². The van der Waals surface area contributed by atoms with Crippen LogP contribution in [0.4, 0.5) is 0 Å². The maximum absolute atomic E-state index is 5.29. The molecular formula is C13H10AlN3O. The first-order chi connectivity index (χ1) is 8.81. The Bertz CT molecular complexity index is 708. The van der Waals surface area contributed by atoms with Gasteiger partial charge in [0.05, 0.1) is 11.3 Å². The number of aryl methyl sites for hydroxylation is 1. The van der Waals surface area contributed by atoms with Gasteiger partial charge in [-0.25, -0.2) is 9.97 Å². The van der Waals surface area contributed by atoms with E-state index in [-0.39, 0.29) is 0 Å². The third-order valence-corrected chi connectivity index (χ3v) is 3.14. The summed E-state index contributed by atoms with van der Waals surface area (Å²) in [6.07, 6.45) is 1.77. The molecule has 0 unspecified atom stereocenters. The zero-order valence-electron chi connectivity index (χ0n) is 9.87.